The molecular weight excluding hydrogens is 237 g/mol. The molecule has 0 spiro atoms. The molecule has 0 saturated heterocycles. The van der Waals surface area contributed by atoms with Gasteiger partial charge in [0.15, 0.2) is 11.6 Å². The van der Waals surface area contributed by atoms with Crippen molar-refractivity contribution < 1.29 is 14.3 Å². The zero-order chi connectivity index (χ0) is 13.1. The summed E-state index contributed by atoms with van der Waals surface area (Å²) in [7, 11) is 0. The van der Waals surface area contributed by atoms with Gasteiger partial charge >= 0.3 is 5.97 Å². The summed E-state index contributed by atoms with van der Waals surface area (Å²) < 4.78 is 14.1. The van der Waals surface area contributed by atoms with E-state index in [0.717, 1.165) is 12.8 Å². The van der Waals surface area contributed by atoms with Crippen molar-refractivity contribution in [3.8, 4) is 0 Å². The van der Waals surface area contributed by atoms with Crippen LogP contribution >= 0.6 is 0 Å². The monoisotopic (exact) mass is 253 g/mol. The van der Waals surface area contributed by atoms with Crippen LogP contribution in [0.1, 0.15) is 31.9 Å². The largest absolute Gasteiger partial charge is 0.481 e. The predicted octanol–water partition coefficient (Wildman–Crippen LogP) is 1.62. The van der Waals surface area contributed by atoms with E-state index in [4.69, 9.17) is 5.11 Å². The van der Waals surface area contributed by atoms with Crippen molar-refractivity contribution in [2.75, 3.05) is 11.4 Å². The average molecular weight is 253 g/mol. The van der Waals surface area contributed by atoms with Crippen molar-refractivity contribution in [2.45, 2.75) is 38.6 Å². The Morgan fingerprint density at radius 3 is 2.83 bits per heavy atom. The Morgan fingerprint density at radius 1 is 1.56 bits per heavy atom. The van der Waals surface area contributed by atoms with E-state index in [1.807, 2.05) is 6.92 Å². The van der Waals surface area contributed by atoms with Crippen molar-refractivity contribution in [1.82, 2.24) is 9.97 Å². The molecule has 1 heterocycles. The van der Waals surface area contributed by atoms with Gasteiger partial charge in [0, 0.05) is 12.6 Å². The minimum atomic E-state index is -0.883. The van der Waals surface area contributed by atoms with Crippen molar-refractivity contribution >= 4 is 11.8 Å². The zero-order valence-electron chi connectivity index (χ0n) is 10.3. The van der Waals surface area contributed by atoms with Crippen molar-refractivity contribution in [1.29, 1.82) is 0 Å². The van der Waals surface area contributed by atoms with Crippen molar-refractivity contribution in [2.24, 2.45) is 0 Å². The van der Waals surface area contributed by atoms with E-state index in [1.165, 1.54) is 6.33 Å². The zero-order valence-corrected chi connectivity index (χ0v) is 10.3. The lowest BCUT2D eigenvalue weighted by molar-refractivity contribution is -0.136. The van der Waals surface area contributed by atoms with Crippen LogP contribution in [0, 0.1) is 5.82 Å². The summed E-state index contributed by atoms with van der Waals surface area (Å²) in [5.74, 6) is -1.06. The highest BCUT2D eigenvalue weighted by Crippen LogP contribution is 2.32. The number of aromatic nitrogens is 2. The molecule has 18 heavy (non-hydrogen) atoms. The highest BCUT2D eigenvalue weighted by atomic mass is 19.1. The Labute approximate surface area is 105 Å². The third-order valence-electron chi connectivity index (χ3n) is 3.00. The first-order chi connectivity index (χ1) is 8.63. The minimum absolute atomic E-state index is 0.0125. The van der Waals surface area contributed by atoms with Gasteiger partial charge < -0.3 is 10.0 Å². The van der Waals surface area contributed by atoms with Crippen LogP contribution in [0.15, 0.2) is 6.33 Å². The van der Waals surface area contributed by atoms with Gasteiger partial charge in [-0.25, -0.2) is 14.4 Å². The summed E-state index contributed by atoms with van der Waals surface area (Å²) in [5.41, 5.74) is 0.376. The third-order valence-corrected chi connectivity index (χ3v) is 3.00. The number of rotatable bonds is 6. The molecule has 1 aliphatic rings. The molecular formula is C12H16FN3O2. The summed E-state index contributed by atoms with van der Waals surface area (Å²) in [6.07, 6.45) is 3.75. The molecule has 1 aliphatic carbocycles. The van der Waals surface area contributed by atoms with E-state index >= 15 is 0 Å². The summed E-state index contributed by atoms with van der Waals surface area (Å²) >= 11 is 0. The molecule has 1 fully saturated rings. The van der Waals surface area contributed by atoms with Gasteiger partial charge in [0.25, 0.3) is 0 Å². The topological polar surface area (TPSA) is 66.3 Å². The Balaban J connectivity index is 2.22. The van der Waals surface area contributed by atoms with Crippen molar-refractivity contribution in [3.05, 3.63) is 17.8 Å². The second-order valence-corrected chi connectivity index (χ2v) is 4.38. The number of aryl methyl sites for hydroxylation is 1. The third kappa shape index (κ3) is 2.75. The smallest absolute Gasteiger partial charge is 0.305 e. The summed E-state index contributed by atoms with van der Waals surface area (Å²) in [5, 5.41) is 8.73. The molecule has 1 saturated carbocycles. The quantitative estimate of drug-likeness (QED) is 0.834. The Morgan fingerprint density at radius 2 is 2.28 bits per heavy atom. The standard InChI is InChI=1S/C12H16FN3O2/c1-2-9-11(13)12(15-7-14-9)16(8-3-4-8)6-5-10(17)18/h7-8H,2-6H2,1H3,(H,17,18). The molecule has 0 amide bonds. The number of carboxylic acid groups (broad SMARTS) is 1. The van der Waals surface area contributed by atoms with Gasteiger partial charge in [-0.3, -0.25) is 4.79 Å². The number of aliphatic carboxylic acids is 1. The maximum absolute atomic E-state index is 14.1. The molecule has 5 nitrogen and oxygen atoms in total. The van der Waals surface area contributed by atoms with Crippen LogP contribution in [-0.2, 0) is 11.2 Å². The number of hydrogen-bond donors (Lipinski definition) is 1. The molecule has 1 aromatic heterocycles. The first-order valence-corrected chi connectivity index (χ1v) is 6.11. The number of anilines is 1. The van der Waals surface area contributed by atoms with Crippen LogP contribution in [0.3, 0.4) is 0 Å². The molecule has 0 aliphatic heterocycles. The van der Waals surface area contributed by atoms with E-state index in [-0.39, 0.29) is 24.8 Å². The fourth-order valence-electron chi connectivity index (χ4n) is 1.91. The first kappa shape index (κ1) is 12.7. The summed E-state index contributed by atoms with van der Waals surface area (Å²) in [6.45, 7) is 2.12. The van der Waals surface area contributed by atoms with Gasteiger partial charge in [0.2, 0.25) is 0 Å². The summed E-state index contributed by atoms with van der Waals surface area (Å²) in [4.78, 5) is 20.2. The van der Waals surface area contributed by atoms with Gasteiger partial charge in [0.05, 0.1) is 12.1 Å². The van der Waals surface area contributed by atoms with Crippen LogP contribution in [0.4, 0.5) is 10.2 Å². The van der Waals surface area contributed by atoms with Crippen molar-refractivity contribution in [3.63, 3.8) is 0 Å². The number of carboxylic acids is 1. The Kier molecular flexibility index (Phi) is 3.74. The van der Waals surface area contributed by atoms with Crippen LogP contribution in [0.5, 0.6) is 0 Å². The lowest BCUT2D eigenvalue weighted by Gasteiger charge is -2.23. The maximum atomic E-state index is 14.1. The molecule has 6 heteroatoms. The fourth-order valence-corrected chi connectivity index (χ4v) is 1.91. The molecule has 0 bridgehead atoms. The normalized spacial score (nSPS) is 14.6. The first-order valence-electron chi connectivity index (χ1n) is 6.11. The molecule has 1 N–H and O–H groups in total. The van der Waals surface area contributed by atoms with E-state index in [2.05, 4.69) is 9.97 Å². The number of nitrogens with zero attached hydrogens (tertiary/aromatic N) is 3. The van der Waals surface area contributed by atoms with E-state index in [0.29, 0.717) is 12.1 Å². The van der Waals surface area contributed by atoms with Crippen LogP contribution in [0.25, 0.3) is 0 Å². The van der Waals surface area contributed by atoms with Gasteiger partial charge in [-0.05, 0) is 19.3 Å². The van der Waals surface area contributed by atoms with Gasteiger partial charge in [-0.15, -0.1) is 0 Å². The van der Waals surface area contributed by atoms with Gasteiger partial charge in [0.1, 0.15) is 6.33 Å². The lowest BCUT2D eigenvalue weighted by atomic mass is 10.2. The Hall–Kier alpha value is -1.72. The Bertz CT molecular complexity index is 449. The number of hydrogen-bond acceptors (Lipinski definition) is 4. The highest BCUT2D eigenvalue weighted by molar-refractivity contribution is 5.67. The van der Waals surface area contributed by atoms with Crippen LogP contribution < -0.4 is 4.90 Å². The van der Waals surface area contributed by atoms with Crippen LogP contribution in [0.2, 0.25) is 0 Å². The van der Waals surface area contributed by atoms with E-state index in [1.54, 1.807) is 4.90 Å². The molecule has 2 rings (SSSR count). The van der Waals surface area contributed by atoms with E-state index < -0.39 is 11.8 Å². The maximum Gasteiger partial charge on any atom is 0.305 e. The fraction of sp³-hybridized carbons (Fsp3) is 0.583. The van der Waals surface area contributed by atoms with E-state index in [9.17, 15) is 9.18 Å². The van der Waals surface area contributed by atoms with Crippen LogP contribution in [-0.4, -0.2) is 33.6 Å². The predicted molar refractivity (Wildman–Crippen MR) is 64.0 cm³/mol. The second kappa shape index (κ2) is 5.29. The SMILES string of the molecule is CCc1ncnc(N(CCC(=O)O)C2CC2)c1F. The minimum Gasteiger partial charge on any atom is -0.481 e. The molecule has 98 valence electrons. The molecule has 1 aromatic rings. The molecule has 0 unspecified atom stereocenters. The average Bonchev–Trinajstić information content (AvgIpc) is 3.15. The summed E-state index contributed by atoms with van der Waals surface area (Å²) in [6, 6.07) is 0.221. The van der Waals surface area contributed by atoms with Gasteiger partial charge in [-0.1, -0.05) is 6.92 Å². The molecule has 0 atom stereocenters. The molecule has 0 radical (unpaired) electrons. The lowest BCUT2D eigenvalue weighted by Crippen LogP contribution is -2.30. The van der Waals surface area contributed by atoms with Gasteiger partial charge in [-0.2, -0.15) is 0 Å². The highest BCUT2D eigenvalue weighted by Gasteiger charge is 2.32. The molecule has 0 aromatic carbocycles. The number of carbonyl (C=O) groups is 1. The number of halogens is 1. The second-order valence-electron chi connectivity index (χ2n) is 4.38.